The first-order valence-corrected chi connectivity index (χ1v) is 9.58. The highest BCUT2D eigenvalue weighted by Gasteiger charge is 2.65. The van der Waals surface area contributed by atoms with Crippen molar-refractivity contribution in [2.75, 3.05) is 0 Å². The Morgan fingerprint density at radius 2 is 1.68 bits per heavy atom. The molecule has 126 valence electrons. The summed E-state index contributed by atoms with van der Waals surface area (Å²) in [6, 6.07) is 0.216. The predicted octanol–water partition coefficient (Wildman–Crippen LogP) is 3.88. The number of aliphatic hydroxyl groups is 1. The van der Waals surface area contributed by atoms with Gasteiger partial charge in [0.2, 0.25) is 0 Å². The molecule has 22 heavy (non-hydrogen) atoms. The number of hydrogen-bond acceptors (Lipinski definition) is 3. The first-order valence-electron chi connectivity index (χ1n) is 9.58. The van der Waals surface area contributed by atoms with E-state index in [2.05, 4.69) is 19.3 Å². The van der Waals surface area contributed by atoms with Gasteiger partial charge in [0.1, 0.15) is 0 Å². The molecule has 4 fully saturated rings. The molecule has 4 rings (SSSR count). The van der Waals surface area contributed by atoms with Crippen molar-refractivity contribution in [1.82, 2.24) is 5.48 Å². The van der Waals surface area contributed by atoms with Crippen molar-refractivity contribution in [1.29, 1.82) is 0 Å². The van der Waals surface area contributed by atoms with Gasteiger partial charge < -0.3 is 10.3 Å². The normalized spacial score (nSPS) is 57.8. The number of nitrogens with one attached hydrogen (secondary N) is 1. The Morgan fingerprint density at radius 1 is 0.864 bits per heavy atom. The maximum absolute atomic E-state index is 11.6. The third kappa shape index (κ3) is 1.74. The van der Waals surface area contributed by atoms with Gasteiger partial charge in [-0.3, -0.25) is 0 Å². The molecule has 0 aromatic rings. The van der Waals surface area contributed by atoms with Crippen molar-refractivity contribution in [3.8, 4) is 0 Å². The zero-order chi connectivity index (χ0) is 15.6. The van der Waals surface area contributed by atoms with Crippen LogP contribution < -0.4 is 5.48 Å². The first-order chi connectivity index (χ1) is 10.5. The quantitative estimate of drug-likeness (QED) is 0.644. The summed E-state index contributed by atoms with van der Waals surface area (Å²) in [5, 5.41) is 21.4. The maximum Gasteiger partial charge on any atom is 0.0731 e. The van der Waals surface area contributed by atoms with Crippen molar-refractivity contribution >= 4 is 0 Å². The minimum Gasteiger partial charge on any atom is -0.389 e. The van der Waals surface area contributed by atoms with E-state index in [1.807, 2.05) is 0 Å². The topological polar surface area (TPSA) is 52.5 Å². The molecule has 7 atom stereocenters. The lowest BCUT2D eigenvalue weighted by Crippen LogP contribution is -2.65. The second-order valence-corrected chi connectivity index (χ2v) is 9.34. The van der Waals surface area contributed by atoms with Gasteiger partial charge in [-0.1, -0.05) is 20.3 Å². The Labute approximate surface area is 134 Å². The van der Waals surface area contributed by atoms with Gasteiger partial charge in [0.25, 0.3) is 0 Å². The second kappa shape index (κ2) is 4.94. The van der Waals surface area contributed by atoms with E-state index in [0.717, 1.165) is 18.8 Å². The fourth-order valence-electron chi connectivity index (χ4n) is 7.51. The van der Waals surface area contributed by atoms with E-state index in [4.69, 9.17) is 0 Å². The summed E-state index contributed by atoms with van der Waals surface area (Å²) in [6.07, 6.45) is 11.9. The van der Waals surface area contributed by atoms with Gasteiger partial charge in [-0.2, -0.15) is 0 Å². The molecule has 3 nitrogen and oxygen atoms in total. The number of rotatable bonds is 1. The fourth-order valence-corrected chi connectivity index (χ4v) is 7.51. The van der Waals surface area contributed by atoms with Crippen LogP contribution >= 0.6 is 0 Å². The molecule has 0 aromatic heterocycles. The van der Waals surface area contributed by atoms with Crippen molar-refractivity contribution in [2.45, 2.75) is 89.7 Å². The Morgan fingerprint density at radius 3 is 2.45 bits per heavy atom. The van der Waals surface area contributed by atoms with Crippen molar-refractivity contribution in [3.63, 3.8) is 0 Å². The Balaban J connectivity index is 1.72. The van der Waals surface area contributed by atoms with Crippen LogP contribution in [0.25, 0.3) is 0 Å². The Hall–Kier alpha value is -0.120. The Bertz CT molecular complexity index is 447. The lowest BCUT2D eigenvalue weighted by molar-refractivity contribution is -0.209. The molecule has 0 radical (unpaired) electrons. The van der Waals surface area contributed by atoms with Gasteiger partial charge in [0.15, 0.2) is 0 Å². The molecule has 0 bridgehead atoms. The van der Waals surface area contributed by atoms with Gasteiger partial charge in [-0.25, -0.2) is 5.48 Å². The van der Waals surface area contributed by atoms with Crippen LogP contribution in [0.4, 0.5) is 0 Å². The van der Waals surface area contributed by atoms with Gasteiger partial charge >= 0.3 is 0 Å². The molecular weight excluding hydrogens is 274 g/mol. The standard InChI is InChI=1S/C19H33NO2/c1-17-10-4-11-19(17,21)15-8-7-13-5-3-6-16(20-22)18(13,2)14(15)9-12-17/h13-16,20-22H,3-12H2,1-2H3/t13?,14-,15+,16?,17-,18-,19-/m0/s1. The molecule has 0 aromatic carbocycles. The van der Waals surface area contributed by atoms with E-state index in [1.54, 1.807) is 0 Å². The minimum absolute atomic E-state index is 0.147. The summed E-state index contributed by atoms with van der Waals surface area (Å²) in [7, 11) is 0. The smallest absolute Gasteiger partial charge is 0.0731 e. The summed E-state index contributed by atoms with van der Waals surface area (Å²) in [6.45, 7) is 4.76. The highest BCUT2D eigenvalue weighted by atomic mass is 16.5. The van der Waals surface area contributed by atoms with E-state index >= 15 is 0 Å². The van der Waals surface area contributed by atoms with Crippen molar-refractivity contribution in [2.24, 2.45) is 28.6 Å². The SMILES string of the molecule is C[C@@]12C(CCCC1NO)CC[C@@H]1[C@@H]2CC[C@]2(C)CCC[C@]12O. The molecular formula is C19H33NO2. The molecule has 2 unspecified atom stereocenters. The molecule has 3 N–H and O–H groups in total. The molecule has 0 amide bonds. The van der Waals surface area contributed by atoms with Crippen LogP contribution in [-0.4, -0.2) is 22.0 Å². The summed E-state index contributed by atoms with van der Waals surface area (Å²) in [4.78, 5) is 0. The largest absolute Gasteiger partial charge is 0.389 e. The number of fused-ring (bicyclic) bond motifs is 5. The average molecular weight is 307 g/mol. The van der Waals surface area contributed by atoms with Gasteiger partial charge in [0, 0.05) is 6.04 Å². The van der Waals surface area contributed by atoms with Crippen LogP contribution in [0, 0.1) is 28.6 Å². The van der Waals surface area contributed by atoms with Crippen molar-refractivity contribution < 1.29 is 10.3 Å². The van der Waals surface area contributed by atoms with E-state index in [0.29, 0.717) is 11.8 Å². The maximum atomic E-state index is 11.6. The molecule has 0 saturated heterocycles. The third-order valence-electron chi connectivity index (χ3n) is 8.89. The predicted molar refractivity (Wildman–Crippen MR) is 86.5 cm³/mol. The van der Waals surface area contributed by atoms with Gasteiger partial charge in [-0.05, 0) is 86.4 Å². The highest BCUT2D eigenvalue weighted by molar-refractivity contribution is 5.16. The molecule has 4 saturated carbocycles. The molecule has 0 spiro atoms. The lowest BCUT2D eigenvalue weighted by Gasteiger charge is -2.64. The van der Waals surface area contributed by atoms with Crippen LogP contribution in [-0.2, 0) is 0 Å². The number of hydrogen-bond donors (Lipinski definition) is 3. The molecule has 0 heterocycles. The van der Waals surface area contributed by atoms with E-state index in [-0.39, 0.29) is 16.9 Å². The van der Waals surface area contributed by atoms with Crippen LogP contribution in [0.2, 0.25) is 0 Å². The molecule has 0 aliphatic heterocycles. The zero-order valence-corrected chi connectivity index (χ0v) is 14.3. The summed E-state index contributed by atoms with van der Waals surface area (Å²) in [5.41, 5.74) is 2.54. The zero-order valence-electron chi connectivity index (χ0n) is 14.3. The summed E-state index contributed by atoms with van der Waals surface area (Å²) < 4.78 is 0. The minimum atomic E-state index is -0.443. The molecule has 4 aliphatic carbocycles. The van der Waals surface area contributed by atoms with Crippen LogP contribution in [0.5, 0.6) is 0 Å². The summed E-state index contributed by atoms with van der Waals surface area (Å²) >= 11 is 0. The second-order valence-electron chi connectivity index (χ2n) is 9.34. The third-order valence-corrected chi connectivity index (χ3v) is 8.89. The Kier molecular flexibility index (Phi) is 3.46. The van der Waals surface area contributed by atoms with Crippen LogP contribution in [0.3, 0.4) is 0 Å². The van der Waals surface area contributed by atoms with E-state index in [1.165, 1.54) is 51.4 Å². The molecule has 4 aliphatic rings. The fraction of sp³-hybridized carbons (Fsp3) is 1.00. The lowest BCUT2D eigenvalue weighted by atomic mass is 9.43. The summed E-state index contributed by atoms with van der Waals surface area (Å²) in [5.74, 6) is 1.75. The van der Waals surface area contributed by atoms with Gasteiger partial charge in [0.05, 0.1) is 5.60 Å². The molecule has 3 heteroatoms. The van der Waals surface area contributed by atoms with Crippen LogP contribution in [0.15, 0.2) is 0 Å². The van der Waals surface area contributed by atoms with E-state index < -0.39 is 5.60 Å². The van der Waals surface area contributed by atoms with Crippen LogP contribution in [0.1, 0.15) is 78.1 Å². The average Bonchev–Trinajstić information content (AvgIpc) is 2.82. The van der Waals surface area contributed by atoms with Gasteiger partial charge in [-0.15, -0.1) is 0 Å². The highest BCUT2D eigenvalue weighted by Crippen LogP contribution is 2.67. The first kappa shape index (κ1) is 15.4. The van der Waals surface area contributed by atoms with E-state index in [9.17, 15) is 10.3 Å². The monoisotopic (exact) mass is 307 g/mol. The number of hydroxylamine groups is 1. The van der Waals surface area contributed by atoms with Crippen molar-refractivity contribution in [3.05, 3.63) is 0 Å².